The van der Waals surface area contributed by atoms with Crippen LogP contribution in [0, 0.1) is 22.7 Å². The molecule has 3 heterocycles. The molecule has 2 unspecified atom stereocenters. The molecule has 2 bridgehead atoms. The van der Waals surface area contributed by atoms with Crippen molar-refractivity contribution >= 4 is 6.09 Å². The fourth-order valence-electron chi connectivity index (χ4n) is 3.56. The SMILES string of the molecule is CC(C)(C)OC(=O)N1C2C=CC1CC(C#N)(c1cncc(C#N)c1)C2. The highest BCUT2D eigenvalue weighted by molar-refractivity contribution is 5.71. The second-order valence-corrected chi connectivity index (χ2v) is 7.58. The molecule has 1 aromatic rings. The van der Waals surface area contributed by atoms with Crippen molar-refractivity contribution in [1.29, 1.82) is 10.5 Å². The fourth-order valence-corrected chi connectivity index (χ4v) is 3.56. The summed E-state index contributed by atoms with van der Waals surface area (Å²) in [7, 11) is 0. The summed E-state index contributed by atoms with van der Waals surface area (Å²) in [5.41, 5.74) is -0.165. The van der Waals surface area contributed by atoms with Gasteiger partial charge in [-0.25, -0.2) is 4.79 Å². The van der Waals surface area contributed by atoms with Crippen molar-refractivity contribution < 1.29 is 9.53 Å². The topological polar surface area (TPSA) is 90.0 Å². The first-order chi connectivity index (χ1) is 11.8. The molecule has 0 aromatic carbocycles. The minimum atomic E-state index is -0.767. The average molecular weight is 336 g/mol. The van der Waals surface area contributed by atoms with Crippen LogP contribution in [0.25, 0.3) is 0 Å². The van der Waals surface area contributed by atoms with Crippen molar-refractivity contribution in [2.24, 2.45) is 0 Å². The van der Waals surface area contributed by atoms with Gasteiger partial charge in [0.2, 0.25) is 0 Å². The Labute approximate surface area is 147 Å². The molecule has 2 aliphatic heterocycles. The number of carbonyl (C=O) groups excluding carboxylic acids is 1. The zero-order valence-corrected chi connectivity index (χ0v) is 14.6. The number of aromatic nitrogens is 1. The van der Waals surface area contributed by atoms with Gasteiger partial charge in [0.25, 0.3) is 0 Å². The summed E-state index contributed by atoms with van der Waals surface area (Å²) < 4.78 is 5.51. The molecular weight excluding hydrogens is 316 g/mol. The van der Waals surface area contributed by atoms with E-state index in [1.165, 1.54) is 6.20 Å². The maximum Gasteiger partial charge on any atom is 0.411 e. The lowest BCUT2D eigenvalue weighted by molar-refractivity contribution is 0.00562. The maximum atomic E-state index is 12.5. The molecule has 6 nitrogen and oxygen atoms in total. The third kappa shape index (κ3) is 3.08. The number of nitriles is 2. The highest BCUT2D eigenvalue weighted by Crippen LogP contribution is 2.44. The molecule has 0 aliphatic carbocycles. The van der Waals surface area contributed by atoms with E-state index in [-0.39, 0.29) is 18.2 Å². The van der Waals surface area contributed by atoms with Gasteiger partial charge in [0.05, 0.1) is 29.1 Å². The highest BCUT2D eigenvalue weighted by atomic mass is 16.6. The molecule has 0 N–H and O–H groups in total. The number of ether oxygens (including phenoxy) is 1. The molecule has 1 saturated heterocycles. The molecule has 0 radical (unpaired) electrons. The van der Waals surface area contributed by atoms with Crippen LogP contribution >= 0.6 is 0 Å². The normalized spacial score (nSPS) is 27.5. The zero-order valence-electron chi connectivity index (χ0n) is 14.6. The van der Waals surface area contributed by atoms with Crippen LogP contribution < -0.4 is 0 Å². The summed E-state index contributed by atoms with van der Waals surface area (Å²) in [6.07, 6.45) is 7.63. The number of hydrogen-bond acceptors (Lipinski definition) is 5. The Hall–Kier alpha value is -2.86. The van der Waals surface area contributed by atoms with Crippen LogP contribution in [-0.2, 0) is 10.2 Å². The van der Waals surface area contributed by atoms with Crippen LogP contribution in [0.5, 0.6) is 0 Å². The first kappa shape index (κ1) is 17.0. The van der Waals surface area contributed by atoms with Gasteiger partial charge < -0.3 is 4.74 Å². The van der Waals surface area contributed by atoms with Crippen LogP contribution in [0.2, 0.25) is 0 Å². The largest absolute Gasteiger partial charge is 0.444 e. The first-order valence-corrected chi connectivity index (χ1v) is 8.24. The molecule has 1 fully saturated rings. The number of nitrogens with zero attached hydrogens (tertiary/aromatic N) is 4. The van der Waals surface area contributed by atoms with Crippen molar-refractivity contribution in [3.8, 4) is 12.1 Å². The van der Waals surface area contributed by atoms with E-state index >= 15 is 0 Å². The van der Waals surface area contributed by atoms with E-state index in [1.54, 1.807) is 17.2 Å². The van der Waals surface area contributed by atoms with Gasteiger partial charge in [-0.2, -0.15) is 10.5 Å². The molecule has 3 rings (SSSR count). The Kier molecular flexibility index (Phi) is 4.00. The Balaban J connectivity index is 1.88. The standard InChI is InChI=1S/C19H20N4O2/c1-18(2,3)25-17(24)23-15-4-5-16(23)8-19(7-15,12-21)14-6-13(9-20)10-22-11-14/h4-6,10-11,15-16H,7-8H2,1-3H3. The summed E-state index contributed by atoms with van der Waals surface area (Å²) in [4.78, 5) is 18.3. The van der Waals surface area contributed by atoms with Crippen LogP contribution in [0.4, 0.5) is 4.79 Å². The molecule has 1 aromatic heterocycles. The van der Waals surface area contributed by atoms with Crippen LogP contribution in [0.15, 0.2) is 30.6 Å². The average Bonchev–Trinajstić information content (AvgIpc) is 2.85. The third-order valence-corrected chi connectivity index (χ3v) is 4.62. The molecule has 128 valence electrons. The molecule has 0 saturated carbocycles. The molecule has 2 atom stereocenters. The maximum absolute atomic E-state index is 12.5. The van der Waals surface area contributed by atoms with Crippen LogP contribution in [-0.4, -0.2) is 33.7 Å². The van der Waals surface area contributed by atoms with Gasteiger partial charge in [-0.1, -0.05) is 12.2 Å². The summed E-state index contributed by atoms with van der Waals surface area (Å²) >= 11 is 0. The van der Waals surface area contributed by atoms with Gasteiger partial charge >= 0.3 is 6.09 Å². The molecule has 2 aliphatic rings. The van der Waals surface area contributed by atoms with E-state index in [0.29, 0.717) is 18.4 Å². The van der Waals surface area contributed by atoms with Crippen molar-refractivity contribution in [2.75, 3.05) is 0 Å². The van der Waals surface area contributed by atoms with Crippen molar-refractivity contribution in [2.45, 2.75) is 56.7 Å². The van der Waals surface area contributed by atoms with Gasteiger partial charge in [0, 0.05) is 12.4 Å². The van der Waals surface area contributed by atoms with Crippen molar-refractivity contribution in [3.05, 3.63) is 41.7 Å². The molecule has 25 heavy (non-hydrogen) atoms. The second-order valence-electron chi connectivity index (χ2n) is 7.58. The minimum absolute atomic E-state index is 0.195. The Morgan fingerprint density at radius 1 is 1.28 bits per heavy atom. The summed E-state index contributed by atoms with van der Waals surface area (Å²) in [6.45, 7) is 5.51. The van der Waals surface area contributed by atoms with Gasteiger partial charge in [-0.15, -0.1) is 0 Å². The van der Waals surface area contributed by atoms with E-state index in [1.807, 2.05) is 32.9 Å². The molecular formula is C19H20N4O2. The summed E-state index contributed by atoms with van der Waals surface area (Å²) in [6, 6.07) is 5.82. The Morgan fingerprint density at radius 3 is 2.44 bits per heavy atom. The predicted molar refractivity (Wildman–Crippen MR) is 90.3 cm³/mol. The number of fused-ring (bicyclic) bond motifs is 2. The van der Waals surface area contributed by atoms with Crippen LogP contribution in [0.3, 0.4) is 0 Å². The summed E-state index contributed by atoms with van der Waals surface area (Å²) in [5, 5.41) is 19.0. The molecule has 6 heteroatoms. The van der Waals surface area contributed by atoms with E-state index in [9.17, 15) is 10.1 Å². The van der Waals surface area contributed by atoms with Crippen LogP contribution in [0.1, 0.15) is 44.7 Å². The van der Waals surface area contributed by atoms with Gasteiger partial charge in [-0.3, -0.25) is 9.88 Å². The summed E-state index contributed by atoms with van der Waals surface area (Å²) in [5.74, 6) is 0. The number of pyridine rings is 1. The highest BCUT2D eigenvalue weighted by Gasteiger charge is 2.50. The van der Waals surface area contributed by atoms with Crippen molar-refractivity contribution in [1.82, 2.24) is 9.88 Å². The molecule has 1 amide bonds. The number of carbonyl (C=O) groups is 1. The minimum Gasteiger partial charge on any atom is -0.444 e. The number of hydrogen-bond donors (Lipinski definition) is 0. The third-order valence-electron chi connectivity index (χ3n) is 4.62. The Morgan fingerprint density at radius 2 is 1.92 bits per heavy atom. The number of amides is 1. The van der Waals surface area contributed by atoms with Gasteiger partial charge in [0.15, 0.2) is 0 Å². The van der Waals surface area contributed by atoms with Gasteiger partial charge in [0.1, 0.15) is 11.7 Å². The van der Waals surface area contributed by atoms with E-state index < -0.39 is 11.0 Å². The first-order valence-electron chi connectivity index (χ1n) is 8.24. The van der Waals surface area contributed by atoms with E-state index in [4.69, 9.17) is 10.00 Å². The second kappa shape index (κ2) is 5.89. The monoisotopic (exact) mass is 336 g/mol. The lowest BCUT2D eigenvalue weighted by Crippen LogP contribution is -2.53. The Bertz CT molecular complexity index is 794. The lowest BCUT2D eigenvalue weighted by atomic mass is 9.71. The molecule has 0 spiro atoms. The smallest absolute Gasteiger partial charge is 0.411 e. The predicted octanol–water partition coefficient (Wildman–Crippen LogP) is 3.05. The zero-order chi connectivity index (χ0) is 18.2. The number of rotatable bonds is 1. The van der Waals surface area contributed by atoms with Gasteiger partial charge in [-0.05, 0) is 45.2 Å². The quantitative estimate of drug-likeness (QED) is 0.735. The van der Waals surface area contributed by atoms with E-state index in [2.05, 4.69) is 17.1 Å². The number of piperidine rings is 1. The van der Waals surface area contributed by atoms with E-state index in [0.717, 1.165) is 5.56 Å². The lowest BCUT2D eigenvalue weighted by Gasteiger charge is -2.43. The fraction of sp³-hybridized carbons (Fsp3) is 0.474. The van der Waals surface area contributed by atoms with Crippen molar-refractivity contribution in [3.63, 3.8) is 0 Å².